The predicted octanol–water partition coefficient (Wildman–Crippen LogP) is 2.75. The van der Waals surface area contributed by atoms with Crippen molar-refractivity contribution in [1.29, 1.82) is 0 Å². The van der Waals surface area contributed by atoms with Crippen molar-refractivity contribution in [2.24, 2.45) is 5.92 Å². The van der Waals surface area contributed by atoms with E-state index in [0.29, 0.717) is 0 Å². The molecule has 1 fully saturated rings. The summed E-state index contributed by atoms with van der Waals surface area (Å²) in [6.07, 6.45) is 4.94. The minimum absolute atomic E-state index is 0.248. The van der Waals surface area contributed by atoms with Gasteiger partial charge in [-0.3, -0.25) is 0 Å². The largest absolute Gasteiger partial charge is 0.396 e. The van der Waals surface area contributed by atoms with E-state index >= 15 is 0 Å². The Morgan fingerprint density at radius 2 is 2.15 bits per heavy atom. The van der Waals surface area contributed by atoms with Crippen molar-refractivity contribution in [2.45, 2.75) is 25.7 Å². The summed E-state index contributed by atoms with van der Waals surface area (Å²) < 4.78 is 13.0. The molecule has 13 heavy (non-hydrogen) atoms. The van der Waals surface area contributed by atoms with Gasteiger partial charge in [-0.2, -0.15) is 0 Å². The van der Waals surface area contributed by atoms with Crippen molar-refractivity contribution in [1.82, 2.24) is 0 Å². The monoisotopic (exact) mass is 179 g/mol. The molecule has 1 saturated carbocycles. The molecule has 1 nitrogen and oxygen atoms in total. The summed E-state index contributed by atoms with van der Waals surface area (Å²) in [4.78, 5) is 0. The maximum Gasteiger partial charge on any atom is 0.146 e. The molecule has 0 amide bonds. The lowest BCUT2D eigenvalue weighted by Crippen LogP contribution is -2.13. The highest BCUT2D eigenvalue weighted by molar-refractivity contribution is 5.41. The maximum atomic E-state index is 13.0. The molecule has 70 valence electrons. The van der Waals surface area contributed by atoms with Gasteiger partial charge in [0.15, 0.2) is 0 Å². The third-order valence-electron chi connectivity index (χ3n) is 2.81. The zero-order valence-corrected chi connectivity index (χ0v) is 7.59. The molecule has 0 atom stereocenters. The van der Waals surface area contributed by atoms with E-state index < -0.39 is 0 Å². The van der Waals surface area contributed by atoms with Gasteiger partial charge >= 0.3 is 0 Å². The minimum Gasteiger partial charge on any atom is -0.396 e. The van der Waals surface area contributed by atoms with Crippen LogP contribution < -0.4 is 5.73 Å². The Labute approximate surface area is 77.8 Å². The molecule has 0 spiro atoms. The molecule has 2 heteroatoms. The van der Waals surface area contributed by atoms with E-state index in [-0.39, 0.29) is 11.5 Å². The van der Waals surface area contributed by atoms with E-state index in [1.807, 2.05) is 6.07 Å². The first-order valence-electron chi connectivity index (χ1n) is 4.79. The van der Waals surface area contributed by atoms with E-state index in [1.54, 1.807) is 12.1 Å². The maximum absolute atomic E-state index is 13.0. The number of nitrogens with two attached hydrogens (primary N) is 1. The Balaban J connectivity index is 2.07. The first-order chi connectivity index (χ1) is 6.25. The lowest BCUT2D eigenvalue weighted by molar-refractivity contribution is 0.314. The van der Waals surface area contributed by atoms with Gasteiger partial charge in [0.1, 0.15) is 5.82 Å². The van der Waals surface area contributed by atoms with Crippen LogP contribution in [0.3, 0.4) is 0 Å². The Bertz CT molecular complexity index is 305. The van der Waals surface area contributed by atoms with E-state index in [9.17, 15) is 4.39 Å². The lowest BCUT2D eigenvalue weighted by atomic mass is 9.81. The average molecular weight is 179 g/mol. The van der Waals surface area contributed by atoms with Crippen LogP contribution in [0.1, 0.15) is 24.8 Å². The van der Waals surface area contributed by atoms with Crippen LogP contribution in [0.2, 0.25) is 0 Å². The molecule has 1 aliphatic rings. The third kappa shape index (κ3) is 1.82. The summed E-state index contributed by atoms with van der Waals surface area (Å²) in [5.74, 6) is 0.500. The zero-order chi connectivity index (χ0) is 9.26. The van der Waals surface area contributed by atoms with Crippen molar-refractivity contribution >= 4 is 5.69 Å². The van der Waals surface area contributed by atoms with Crippen molar-refractivity contribution in [3.63, 3.8) is 0 Å². The van der Waals surface area contributed by atoms with Crippen LogP contribution in [0.5, 0.6) is 0 Å². The Morgan fingerprint density at radius 1 is 1.38 bits per heavy atom. The van der Waals surface area contributed by atoms with Gasteiger partial charge in [-0.15, -0.1) is 0 Å². The second kappa shape index (κ2) is 3.36. The van der Waals surface area contributed by atoms with E-state index in [0.717, 1.165) is 17.9 Å². The average Bonchev–Trinajstić information content (AvgIpc) is 2.04. The second-order valence-electron chi connectivity index (χ2n) is 3.86. The fourth-order valence-corrected chi connectivity index (χ4v) is 1.73. The van der Waals surface area contributed by atoms with Crippen LogP contribution in [0, 0.1) is 11.7 Å². The fraction of sp³-hybridized carbons (Fsp3) is 0.455. The zero-order valence-electron chi connectivity index (χ0n) is 7.59. The van der Waals surface area contributed by atoms with Gasteiger partial charge in [0.05, 0.1) is 5.69 Å². The van der Waals surface area contributed by atoms with Crippen molar-refractivity contribution < 1.29 is 4.39 Å². The van der Waals surface area contributed by atoms with Gasteiger partial charge in [-0.1, -0.05) is 25.3 Å². The van der Waals surface area contributed by atoms with Gasteiger partial charge in [-0.25, -0.2) is 4.39 Å². The summed E-state index contributed by atoms with van der Waals surface area (Å²) in [7, 11) is 0. The smallest absolute Gasteiger partial charge is 0.146 e. The molecular formula is C11H14FN. The third-order valence-corrected chi connectivity index (χ3v) is 2.81. The summed E-state index contributed by atoms with van der Waals surface area (Å²) in [6.45, 7) is 0. The van der Waals surface area contributed by atoms with Crippen LogP contribution in [0.25, 0.3) is 0 Å². The quantitative estimate of drug-likeness (QED) is 0.694. The van der Waals surface area contributed by atoms with E-state index in [1.165, 1.54) is 19.3 Å². The molecule has 0 radical (unpaired) electrons. The minimum atomic E-state index is -0.281. The number of nitrogen functional groups attached to an aromatic ring is 1. The van der Waals surface area contributed by atoms with Crippen molar-refractivity contribution in [3.8, 4) is 0 Å². The number of benzene rings is 1. The van der Waals surface area contributed by atoms with Crippen LogP contribution in [-0.2, 0) is 6.42 Å². The van der Waals surface area contributed by atoms with E-state index in [4.69, 9.17) is 5.73 Å². The Kier molecular flexibility index (Phi) is 2.21. The van der Waals surface area contributed by atoms with Gasteiger partial charge in [0.2, 0.25) is 0 Å². The number of anilines is 1. The first kappa shape index (κ1) is 8.54. The molecule has 2 N–H and O–H groups in total. The van der Waals surface area contributed by atoms with Gasteiger partial charge in [0.25, 0.3) is 0 Å². The normalized spacial score (nSPS) is 17.0. The lowest BCUT2D eigenvalue weighted by Gasteiger charge is -2.25. The van der Waals surface area contributed by atoms with Crippen LogP contribution >= 0.6 is 0 Å². The molecule has 0 saturated heterocycles. The number of halogens is 1. The van der Waals surface area contributed by atoms with Crippen molar-refractivity contribution in [2.75, 3.05) is 5.73 Å². The molecule has 2 rings (SSSR count). The molecule has 1 aliphatic carbocycles. The highest BCUT2D eigenvalue weighted by Gasteiger charge is 2.17. The summed E-state index contributed by atoms with van der Waals surface area (Å²) in [5, 5.41) is 0. The van der Waals surface area contributed by atoms with Gasteiger partial charge in [0, 0.05) is 0 Å². The topological polar surface area (TPSA) is 26.0 Å². The fourth-order valence-electron chi connectivity index (χ4n) is 1.73. The first-order valence-corrected chi connectivity index (χ1v) is 4.79. The molecule has 0 aromatic heterocycles. The molecule has 1 aromatic carbocycles. The van der Waals surface area contributed by atoms with Crippen LogP contribution in [-0.4, -0.2) is 0 Å². The van der Waals surface area contributed by atoms with Crippen LogP contribution in [0.4, 0.5) is 10.1 Å². The van der Waals surface area contributed by atoms with Gasteiger partial charge in [-0.05, 0) is 30.0 Å². The molecule has 1 aromatic rings. The second-order valence-corrected chi connectivity index (χ2v) is 3.86. The molecule has 0 heterocycles. The molecular weight excluding hydrogens is 165 g/mol. The Hall–Kier alpha value is -1.05. The predicted molar refractivity (Wildman–Crippen MR) is 51.9 cm³/mol. The van der Waals surface area contributed by atoms with Crippen LogP contribution in [0.15, 0.2) is 18.2 Å². The standard InChI is InChI=1S/C11H14FN/c12-10-7-9(4-5-11(10)13)6-8-2-1-3-8/h4-5,7-8H,1-3,6,13H2. The molecule has 0 aliphatic heterocycles. The number of rotatable bonds is 2. The summed E-state index contributed by atoms with van der Waals surface area (Å²) in [5.41, 5.74) is 6.72. The number of hydrogen-bond donors (Lipinski definition) is 1. The highest BCUT2D eigenvalue weighted by atomic mass is 19.1. The number of hydrogen-bond acceptors (Lipinski definition) is 1. The van der Waals surface area contributed by atoms with Gasteiger partial charge < -0.3 is 5.73 Å². The van der Waals surface area contributed by atoms with E-state index in [2.05, 4.69) is 0 Å². The summed E-state index contributed by atoms with van der Waals surface area (Å²) >= 11 is 0. The SMILES string of the molecule is Nc1ccc(CC2CCC2)cc1F. The Morgan fingerprint density at radius 3 is 2.69 bits per heavy atom. The molecule has 0 bridgehead atoms. The molecule has 0 unspecified atom stereocenters. The highest BCUT2D eigenvalue weighted by Crippen LogP contribution is 2.30. The summed E-state index contributed by atoms with van der Waals surface area (Å²) in [6, 6.07) is 5.15. The van der Waals surface area contributed by atoms with Crippen molar-refractivity contribution in [3.05, 3.63) is 29.6 Å².